The van der Waals surface area contributed by atoms with Crippen molar-refractivity contribution in [2.75, 3.05) is 95.5 Å². The van der Waals surface area contributed by atoms with Crippen LogP contribution in [0.1, 0.15) is 62.4 Å². The van der Waals surface area contributed by atoms with E-state index in [0.717, 1.165) is 0 Å². The lowest BCUT2D eigenvalue weighted by Gasteiger charge is -2.42. The molecule has 0 heterocycles. The van der Waals surface area contributed by atoms with Crippen LogP contribution in [0.4, 0.5) is 0 Å². The third-order valence-corrected chi connectivity index (χ3v) is 8.31. The zero-order valence-electron chi connectivity index (χ0n) is 28.1. The van der Waals surface area contributed by atoms with Crippen molar-refractivity contribution in [2.24, 2.45) is 0 Å². The van der Waals surface area contributed by atoms with E-state index in [4.69, 9.17) is 47.4 Å². The lowest BCUT2D eigenvalue weighted by atomic mass is 9.71. The summed E-state index contributed by atoms with van der Waals surface area (Å²) < 4.78 is 57.4. The standard InChI is InChI=1S/C34H44O13/c1-20(35)34(47-17-13-41-5)18-21-25(24(19-34)44-14-10-38-2)33(46-16-12-40-4)29-28(32(21)45-15-11-39-3)30(36)26-22(42-6)8-9-23(43-7)27(26)31(29)37/h8-9,24H,10-19H2,1-7H3. The van der Waals surface area contributed by atoms with Gasteiger partial charge in [-0.25, -0.2) is 0 Å². The number of carbonyl (C=O) groups is 3. The fraction of sp³-hybridized carbons (Fsp3) is 0.559. The quantitative estimate of drug-likeness (QED) is 0.174. The van der Waals surface area contributed by atoms with Crippen molar-refractivity contribution in [3.63, 3.8) is 0 Å². The number of ether oxygens (including phenoxy) is 10. The first-order valence-corrected chi connectivity index (χ1v) is 15.3. The molecule has 2 aliphatic carbocycles. The smallest absolute Gasteiger partial charge is 0.202 e. The first kappa shape index (κ1) is 36.2. The van der Waals surface area contributed by atoms with Crippen LogP contribution in [0.25, 0.3) is 0 Å². The molecule has 0 bridgehead atoms. The molecular formula is C34H44O13. The van der Waals surface area contributed by atoms with Gasteiger partial charge in [-0.1, -0.05) is 0 Å². The second-order valence-corrected chi connectivity index (χ2v) is 11.0. The fourth-order valence-corrected chi connectivity index (χ4v) is 6.07. The van der Waals surface area contributed by atoms with E-state index < -0.39 is 23.3 Å². The average molecular weight is 661 g/mol. The number of hydrogen-bond acceptors (Lipinski definition) is 13. The summed E-state index contributed by atoms with van der Waals surface area (Å²) in [5, 5.41) is 0. The third kappa shape index (κ3) is 7.15. The Morgan fingerprint density at radius 1 is 0.681 bits per heavy atom. The van der Waals surface area contributed by atoms with Gasteiger partial charge < -0.3 is 47.4 Å². The second-order valence-electron chi connectivity index (χ2n) is 11.0. The first-order chi connectivity index (χ1) is 22.7. The summed E-state index contributed by atoms with van der Waals surface area (Å²) in [7, 11) is 8.97. The van der Waals surface area contributed by atoms with Crippen LogP contribution in [0.2, 0.25) is 0 Å². The van der Waals surface area contributed by atoms with Gasteiger partial charge in [-0.05, 0) is 19.1 Å². The van der Waals surface area contributed by atoms with Crippen LogP contribution in [0.15, 0.2) is 12.1 Å². The summed E-state index contributed by atoms with van der Waals surface area (Å²) >= 11 is 0. The van der Waals surface area contributed by atoms with Gasteiger partial charge in [-0.3, -0.25) is 14.4 Å². The van der Waals surface area contributed by atoms with Crippen molar-refractivity contribution in [1.82, 2.24) is 0 Å². The number of hydrogen-bond donors (Lipinski definition) is 0. The van der Waals surface area contributed by atoms with E-state index in [1.165, 1.54) is 42.5 Å². The van der Waals surface area contributed by atoms with Crippen molar-refractivity contribution in [3.8, 4) is 23.0 Å². The number of carbonyl (C=O) groups excluding carboxylic acids is 3. The summed E-state index contributed by atoms with van der Waals surface area (Å²) in [5.74, 6) is -0.671. The van der Waals surface area contributed by atoms with Gasteiger partial charge in [0.1, 0.15) is 41.8 Å². The topological polar surface area (TPSA) is 144 Å². The Morgan fingerprint density at radius 3 is 1.68 bits per heavy atom. The molecule has 2 aromatic carbocycles. The number of ketones is 3. The van der Waals surface area contributed by atoms with E-state index in [2.05, 4.69) is 0 Å². The Hall–Kier alpha value is -3.59. The van der Waals surface area contributed by atoms with E-state index in [9.17, 15) is 14.4 Å². The first-order valence-electron chi connectivity index (χ1n) is 15.3. The molecule has 2 aliphatic rings. The molecule has 0 saturated heterocycles. The molecule has 0 aliphatic heterocycles. The predicted octanol–water partition coefficient (Wildman–Crippen LogP) is 3.17. The van der Waals surface area contributed by atoms with Gasteiger partial charge >= 0.3 is 0 Å². The summed E-state index contributed by atoms with van der Waals surface area (Å²) in [6, 6.07) is 3.14. The lowest BCUT2D eigenvalue weighted by Crippen LogP contribution is -2.48. The molecule has 13 nitrogen and oxygen atoms in total. The second kappa shape index (κ2) is 16.5. The molecule has 13 heteroatoms. The predicted molar refractivity (Wildman–Crippen MR) is 168 cm³/mol. The molecule has 4 rings (SSSR count). The van der Waals surface area contributed by atoms with E-state index in [1.54, 1.807) is 19.2 Å². The van der Waals surface area contributed by atoms with Crippen molar-refractivity contribution in [3.05, 3.63) is 45.5 Å². The Morgan fingerprint density at radius 2 is 1.17 bits per heavy atom. The maximum absolute atomic E-state index is 14.7. The third-order valence-electron chi connectivity index (χ3n) is 8.31. The van der Waals surface area contributed by atoms with Gasteiger partial charge in [0.05, 0.1) is 82.2 Å². The van der Waals surface area contributed by atoms with Gasteiger partial charge in [0, 0.05) is 52.4 Å². The highest BCUT2D eigenvalue weighted by molar-refractivity contribution is 6.32. The number of methoxy groups -OCH3 is 6. The number of fused-ring (bicyclic) bond motifs is 3. The fourth-order valence-electron chi connectivity index (χ4n) is 6.07. The molecule has 2 aromatic rings. The van der Waals surface area contributed by atoms with Gasteiger partial charge in [0.2, 0.25) is 11.6 Å². The maximum Gasteiger partial charge on any atom is 0.202 e. The van der Waals surface area contributed by atoms with Gasteiger partial charge in [-0.15, -0.1) is 0 Å². The van der Waals surface area contributed by atoms with E-state index >= 15 is 0 Å². The summed E-state index contributed by atoms with van der Waals surface area (Å²) in [5.41, 5.74) is -0.419. The van der Waals surface area contributed by atoms with E-state index in [-0.39, 0.29) is 117 Å². The van der Waals surface area contributed by atoms with Crippen LogP contribution in [-0.4, -0.2) is 118 Å². The number of Topliss-reactive ketones (excluding diaryl/α,β-unsaturated/α-hetero) is 1. The minimum atomic E-state index is -1.37. The van der Waals surface area contributed by atoms with Crippen molar-refractivity contribution in [1.29, 1.82) is 0 Å². The molecular weight excluding hydrogens is 616 g/mol. The van der Waals surface area contributed by atoms with Crippen LogP contribution in [0.5, 0.6) is 23.0 Å². The van der Waals surface area contributed by atoms with Crippen molar-refractivity contribution in [2.45, 2.75) is 31.5 Å². The molecule has 0 spiro atoms. The maximum atomic E-state index is 14.7. The largest absolute Gasteiger partial charge is 0.496 e. The Labute approximate surface area is 274 Å². The van der Waals surface area contributed by atoms with E-state index in [0.29, 0.717) is 11.1 Å². The van der Waals surface area contributed by atoms with Gasteiger partial charge in [-0.2, -0.15) is 0 Å². The molecule has 0 fully saturated rings. The minimum Gasteiger partial charge on any atom is -0.496 e. The Kier molecular flexibility index (Phi) is 12.7. The highest BCUT2D eigenvalue weighted by atomic mass is 16.6. The highest BCUT2D eigenvalue weighted by Gasteiger charge is 2.51. The molecule has 0 amide bonds. The highest BCUT2D eigenvalue weighted by Crippen LogP contribution is 2.54. The average Bonchev–Trinajstić information content (AvgIpc) is 3.07. The van der Waals surface area contributed by atoms with Crippen LogP contribution in [0.3, 0.4) is 0 Å². The van der Waals surface area contributed by atoms with Gasteiger partial charge in [0.15, 0.2) is 5.78 Å². The monoisotopic (exact) mass is 660 g/mol. The minimum absolute atomic E-state index is 0.00528. The zero-order chi connectivity index (χ0) is 34.1. The lowest BCUT2D eigenvalue weighted by molar-refractivity contribution is -0.154. The molecule has 47 heavy (non-hydrogen) atoms. The van der Waals surface area contributed by atoms with Crippen LogP contribution >= 0.6 is 0 Å². The summed E-state index contributed by atoms with van der Waals surface area (Å²) in [6.07, 6.45) is -0.731. The van der Waals surface area contributed by atoms with Crippen LogP contribution < -0.4 is 18.9 Å². The number of rotatable bonds is 19. The van der Waals surface area contributed by atoms with Crippen LogP contribution in [0, 0.1) is 0 Å². The summed E-state index contributed by atoms with van der Waals surface area (Å²) in [6.45, 7) is 2.70. The normalized spacial score (nSPS) is 18.3. The number of benzene rings is 2. The van der Waals surface area contributed by atoms with Crippen LogP contribution in [-0.2, 0) is 39.6 Å². The van der Waals surface area contributed by atoms with Gasteiger partial charge in [0.25, 0.3) is 0 Å². The molecule has 0 saturated carbocycles. The van der Waals surface area contributed by atoms with Crippen molar-refractivity contribution >= 4 is 17.3 Å². The molecule has 0 radical (unpaired) electrons. The molecule has 258 valence electrons. The Balaban J connectivity index is 2.11. The Bertz CT molecular complexity index is 1450. The molecule has 0 aromatic heterocycles. The zero-order valence-corrected chi connectivity index (χ0v) is 28.1. The molecule has 2 atom stereocenters. The SMILES string of the molecule is COCCOc1c2c(c(OCCOC)c3c1C(=O)c1c(OC)ccc(OC)c1C3=O)C(OCCOC)CC(OCCOC)(C(C)=O)C2. The summed E-state index contributed by atoms with van der Waals surface area (Å²) in [4.78, 5) is 42.8. The molecule has 2 unspecified atom stereocenters. The van der Waals surface area contributed by atoms with E-state index in [1.807, 2.05) is 0 Å². The van der Waals surface area contributed by atoms with Crippen molar-refractivity contribution < 1.29 is 61.8 Å². The molecule has 0 N–H and O–H groups in total.